The number of rotatable bonds is 6. The van der Waals surface area contributed by atoms with E-state index in [4.69, 9.17) is 8.22 Å². The quantitative estimate of drug-likeness (QED) is 0.504. The molecule has 0 aromatic heterocycles. The molecular weight excluding hydrogens is 372 g/mol. The fraction of sp³-hybridized carbons (Fsp3) is 0.926. The zero-order chi connectivity index (χ0) is 28.0. The summed E-state index contributed by atoms with van der Waals surface area (Å²) >= 11 is 0. The molecule has 4 aliphatic rings. The molecule has 30 heavy (non-hydrogen) atoms. The minimum absolute atomic E-state index is 0.0313. The molecule has 4 aliphatic carbocycles. The van der Waals surface area contributed by atoms with Crippen LogP contribution in [0.5, 0.6) is 0 Å². The lowest BCUT2D eigenvalue weighted by atomic mass is 9.46. The molecule has 0 aromatic carbocycles. The SMILES string of the molecule is [2H]C([2H])(CC(C)CO)C([2H])([2H])[C@@H](C)[C@@]1([2H])C([2H])([2H])C[C@H]2[C@@H]3[C@H](O)C=C4C[C@@H](O)CC[C@]4(C)[C@H]3CC[C@@]21C. The maximum atomic E-state index is 11.4. The first-order valence-corrected chi connectivity index (χ1v) is 12.0. The Morgan fingerprint density at radius 1 is 1.20 bits per heavy atom. The summed E-state index contributed by atoms with van der Waals surface area (Å²) in [5.74, 6) is -4.18. The lowest BCUT2D eigenvalue weighted by molar-refractivity contribution is -0.0971. The van der Waals surface area contributed by atoms with Crippen molar-refractivity contribution in [1.29, 1.82) is 0 Å². The summed E-state index contributed by atoms with van der Waals surface area (Å²) in [6.45, 7) is 6.95. The van der Waals surface area contributed by atoms with Crippen LogP contribution < -0.4 is 0 Å². The molecule has 0 saturated heterocycles. The lowest BCUT2D eigenvalue weighted by Gasteiger charge is -2.59. The van der Waals surface area contributed by atoms with Gasteiger partial charge in [0.2, 0.25) is 0 Å². The summed E-state index contributed by atoms with van der Waals surface area (Å²) < 4.78 is 62.9. The third-order valence-electron chi connectivity index (χ3n) is 9.13. The average molecular weight is 426 g/mol. The van der Waals surface area contributed by atoms with Gasteiger partial charge < -0.3 is 15.3 Å². The largest absolute Gasteiger partial charge is 0.396 e. The fourth-order valence-electron chi connectivity index (χ4n) is 7.26. The van der Waals surface area contributed by atoms with Gasteiger partial charge in [0.25, 0.3) is 0 Å². The van der Waals surface area contributed by atoms with Crippen LogP contribution in [-0.2, 0) is 0 Å². The average Bonchev–Trinajstić information content (AvgIpc) is 2.96. The third-order valence-corrected chi connectivity index (χ3v) is 9.13. The number of aliphatic hydroxyl groups excluding tert-OH is 3. The van der Waals surface area contributed by atoms with E-state index in [9.17, 15) is 16.7 Å². The van der Waals surface area contributed by atoms with E-state index < -0.39 is 54.5 Å². The van der Waals surface area contributed by atoms with Gasteiger partial charge in [0.1, 0.15) is 0 Å². The highest BCUT2D eigenvalue weighted by Gasteiger charge is 2.61. The molecule has 3 N–H and O–H groups in total. The van der Waals surface area contributed by atoms with Gasteiger partial charge in [-0.3, -0.25) is 0 Å². The van der Waals surface area contributed by atoms with Crippen molar-refractivity contribution in [3.63, 3.8) is 0 Å². The van der Waals surface area contributed by atoms with Crippen LogP contribution in [0.1, 0.15) is 101 Å². The molecule has 4 rings (SSSR count). The van der Waals surface area contributed by atoms with Crippen LogP contribution in [0.2, 0.25) is 0 Å². The van der Waals surface area contributed by atoms with Crippen LogP contribution >= 0.6 is 0 Å². The van der Waals surface area contributed by atoms with Gasteiger partial charge in [0, 0.05) is 16.2 Å². The summed E-state index contributed by atoms with van der Waals surface area (Å²) in [5, 5.41) is 31.1. The molecule has 1 unspecified atom stereocenters. The standard InChI is InChI=1S/C27H46O3/c1-17(16-28)6-5-7-18(2)21-8-9-22-25-23(11-13-27(21,22)4)26(3)12-10-20(29)14-19(26)15-24(25)30/h15,17-18,20-25,28-30H,5-14,16H2,1-4H3/t17?,18-,20+,21-,22+,23+,24-,25+,26+,27-/m1/s1/i5D2,7D2,8D2,21D. The molecule has 0 heterocycles. The van der Waals surface area contributed by atoms with Crippen LogP contribution in [0.3, 0.4) is 0 Å². The lowest BCUT2D eigenvalue weighted by Crippen LogP contribution is -2.54. The molecule has 0 aliphatic heterocycles. The minimum atomic E-state index is -2.51. The van der Waals surface area contributed by atoms with Crippen LogP contribution in [0.25, 0.3) is 0 Å². The van der Waals surface area contributed by atoms with E-state index in [-0.39, 0.29) is 42.6 Å². The smallest absolute Gasteiger partial charge is 0.0757 e. The van der Waals surface area contributed by atoms with Crippen molar-refractivity contribution in [2.75, 3.05) is 6.61 Å². The molecular formula is C27H46O3. The minimum Gasteiger partial charge on any atom is -0.396 e. The second kappa shape index (κ2) is 8.52. The fourth-order valence-corrected chi connectivity index (χ4v) is 7.26. The van der Waals surface area contributed by atoms with Crippen LogP contribution in [0, 0.1) is 46.3 Å². The number of hydrogen-bond donors (Lipinski definition) is 3. The summed E-state index contributed by atoms with van der Waals surface area (Å²) in [6, 6.07) is 0. The van der Waals surface area contributed by atoms with E-state index in [1.54, 1.807) is 6.92 Å². The number of hydrogen-bond acceptors (Lipinski definition) is 3. The first kappa shape index (κ1) is 15.5. The van der Waals surface area contributed by atoms with Gasteiger partial charge >= 0.3 is 0 Å². The number of fused-ring (bicyclic) bond motifs is 5. The Morgan fingerprint density at radius 2 is 1.97 bits per heavy atom. The van der Waals surface area contributed by atoms with Gasteiger partial charge in [-0.25, -0.2) is 0 Å². The van der Waals surface area contributed by atoms with Crippen molar-refractivity contribution in [3.8, 4) is 0 Å². The van der Waals surface area contributed by atoms with Crippen LogP contribution in [-0.4, -0.2) is 34.1 Å². The van der Waals surface area contributed by atoms with Crippen molar-refractivity contribution in [3.05, 3.63) is 11.6 Å². The molecule has 10 atom stereocenters. The topological polar surface area (TPSA) is 60.7 Å². The molecule has 0 bridgehead atoms. The van der Waals surface area contributed by atoms with Gasteiger partial charge in [0.15, 0.2) is 0 Å². The monoisotopic (exact) mass is 425 g/mol. The molecule has 3 saturated carbocycles. The van der Waals surface area contributed by atoms with E-state index in [1.807, 2.05) is 13.0 Å². The summed E-state index contributed by atoms with van der Waals surface area (Å²) in [5.41, 5.74) is -0.0691. The Kier molecular flexibility index (Phi) is 4.39. The van der Waals surface area contributed by atoms with Gasteiger partial charge in [0.05, 0.1) is 12.2 Å². The van der Waals surface area contributed by atoms with Crippen molar-refractivity contribution < 1.29 is 24.9 Å². The highest BCUT2D eigenvalue weighted by atomic mass is 16.3. The van der Waals surface area contributed by atoms with E-state index in [1.165, 1.54) is 6.92 Å². The first-order valence-electron chi connectivity index (χ1n) is 15.5. The summed E-state index contributed by atoms with van der Waals surface area (Å²) in [6.07, 6.45) is -3.27. The van der Waals surface area contributed by atoms with Gasteiger partial charge in [-0.1, -0.05) is 52.1 Å². The molecule has 172 valence electrons. The summed E-state index contributed by atoms with van der Waals surface area (Å²) in [4.78, 5) is 0. The molecule has 3 fully saturated rings. The highest BCUT2D eigenvalue weighted by Crippen LogP contribution is 2.67. The molecule has 0 aromatic rings. The zero-order valence-electron chi connectivity index (χ0n) is 26.1. The van der Waals surface area contributed by atoms with Crippen molar-refractivity contribution >= 4 is 0 Å². The second-order valence-corrected chi connectivity index (χ2v) is 11.1. The Balaban J connectivity index is 1.75. The Morgan fingerprint density at radius 3 is 2.70 bits per heavy atom. The molecule has 3 nitrogen and oxygen atoms in total. The van der Waals surface area contributed by atoms with Crippen molar-refractivity contribution in [2.45, 2.75) is 104 Å². The van der Waals surface area contributed by atoms with E-state index >= 15 is 0 Å². The van der Waals surface area contributed by atoms with Gasteiger partial charge in [-0.2, -0.15) is 0 Å². The number of aliphatic hydroxyl groups is 3. The van der Waals surface area contributed by atoms with Crippen LogP contribution in [0.15, 0.2) is 11.6 Å². The van der Waals surface area contributed by atoms with Gasteiger partial charge in [-0.15, -0.1) is 0 Å². The molecule has 3 heteroatoms. The predicted octanol–water partition coefficient (Wildman–Crippen LogP) is 5.33. The Bertz CT molecular complexity index is 926. The Hall–Kier alpha value is -0.380. The van der Waals surface area contributed by atoms with E-state index in [0.29, 0.717) is 25.7 Å². The third kappa shape index (κ3) is 3.71. The zero-order valence-corrected chi connectivity index (χ0v) is 19.1. The summed E-state index contributed by atoms with van der Waals surface area (Å²) in [7, 11) is 0. The first-order chi connectivity index (χ1) is 16.8. The van der Waals surface area contributed by atoms with E-state index in [0.717, 1.165) is 12.0 Å². The molecule has 0 radical (unpaired) electrons. The normalized spacial score (nSPS) is 56.2. The predicted molar refractivity (Wildman–Crippen MR) is 122 cm³/mol. The molecule has 0 amide bonds. The van der Waals surface area contributed by atoms with Crippen LogP contribution in [0.4, 0.5) is 0 Å². The van der Waals surface area contributed by atoms with E-state index in [2.05, 4.69) is 6.92 Å². The second-order valence-electron chi connectivity index (χ2n) is 11.1. The van der Waals surface area contributed by atoms with Crippen molar-refractivity contribution in [2.24, 2.45) is 46.3 Å². The van der Waals surface area contributed by atoms with Gasteiger partial charge in [-0.05, 0) is 97.6 Å². The Labute approximate surface area is 194 Å². The maximum absolute atomic E-state index is 11.4. The molecule has 0 spiro atoms. The van der Waals surface area contributed by atoms with Crippen molar-refractivity contribution in [1.82, 2.24) is 0 Å². The maximum Gasteiger partial charge on any atom is 0.0757 e. The highest BCUT2D eigenvalue weighted by molar-refractivity contribution is 5.27.